The van der Waals surface area contributed by atoms with Gasteiger partial charge >= 0.3 is 0 Å². The second kappa shape index (κ2) is 3.88. The summed E-state index contributed by atoms with van der Waals surface area (Å²) in [6, 6.07) is 0. The maximum absolute atomic E-state index is 7.20. The van der Waals surface area contributed by atoms with E-state index >= 15 is 0 Å². The SMILES string of the molecule is CON([NH-])C1CCCCO1. The van der Waals surface area contributed by atoms with Gasteiger partial charge in [0, 0.05) is 6.61 Å². The Morgan fingerprint density at radius 2 is 2.40 bits per heavy atom. The molecule has 1 atom stereocenters. The van der Waals surface area contributed by atoms with E-state index in [2.05, 4.69) is 4.84 Å². The third-order valence-corrected chi connectivity index (χ3v) is 1.61. The smallest absolute Gasteiger partial charge is 0.115 e. The van der Waals surface area contributed by atoms with E-state index in [4.69, 9.17) is 10.6 Å². The maximum atomic E-state index is 7.20. The molecule has 10 heavy (non-hydrogen) atoms. The molecular weight excluding hydrogens is 132 g/mol. The Bertz CT molecular complexity index is 93.7. The Morgan fingerprint density at radius 1 is 1.60 bits per heavy atom. The molecule has 0 bridgehead atoms. The molecule has 1 saturated heterocycles. The molecule has 4 nitrogen and oxygen atoms in total. The zero-order valence-corrected chi connectivity index (χ0v) is 6.17. The van der Waals surface area contributed by atoms with Crippen molar-refractivity contribution >= 4 is 0 Å². The third-order valence-electron chi connectivity index (χ3n) is 1.61. The largest absolute Gasteiger partial charge is 0.582 e. The normalized spacial score (nSPS) is 27.3. The summed E-state index contributed by atoms with van der Waals surface area (Å²) in [5, 5.41) is 1.01. The number of hydrogen-bond acceptors (Lipinski definition) is 3. The molecule has 0 spiro atoms. The molecular formula is C6H13N2O2-. The molecule has 0 radical (unpaired) electrons. The van der Waals surface area contributed by atoms with Crippen molar-refractivity contribution < 1.29 is 9.57 Å². The fraction of sp³-hybridized carbons (Fsp3) is 1.00. The molecule has 0 aromatic heterocycles. The van der Waals surface area contributed by atoms with Crippen molar-refractivity contribution in [3.63, 3.8) is 0 Å². The maximum Gasteiger partial charge on any atom is 0.115 e. The minimum absolute atomic E-state index is 0.154. The van der Waals surface area contributed by atoms with Crippen molar-refractivity contribution in [3.05, 3.63) is 5.84 Å². The lowest BCUT2D eigenvalue weighted by Crippen LogP contribution is -2.33. The monoisotopic (exact) mass is 145 g/mol. The predicted molar refractivity (Wildman–Crippen MR) is 36.8 cm³/mol. The Morgan fingerprint density at radius 3 is 2.90 bits per heavy atom. The molecule has 1 aliphatic rings. The van der Waals surface area contributed by atoms with Gasteiger partial charge in [0.05, 0.1) is 7.11 Å². The molecule has 0 saturated carbocycles. The van der Waals surface area contributed by atoms with Crippen LogP contribution in [0.15, 0.2) is 0 Å². The van der Waals surface area contributed by atoms with Crippen molar-refractivity contribution in [1.29, 1.82) is 0 Å². The molecule has 1 rings (SSSR count). The lowest BCUT2D eigenvalue weighted by Gasteiger charge is -2.35. The first-order valence-electron chi connectivity index (χ1n) is 3.51. The summed E-state index contributed by atoms with van der Waals surface area (Å²) in [5.41, 5.74) is 0. The summed E-state index contributed by atoms with van der Waals surface area (Å²) in [6.45, 7) is 0.753. The van der Waals surface area contributed by atoms with E-state index in [0.717, 1.165) is 31.0 Å². The zero-order chi connectivity index (χ0) is 7.40. The van der Waals surface area contributed by atoms with E-state index in [9.17, 15) is 0 Å². The summed E-state index contributed by atoms with van der Waals surface area (Å²) >= 11 is 0. The van der Waals surface area contributed by atoms with Crippen molar-refractivity contribution in [1.82, 2.24) is 5.17 Å². The first-order chi connectivity index (χ1) is 4.84. The number of nitrogens with one attached hydrogen (secondary N) is 1. The van der Waals surface area contributed by atoms with Gasteiger partial charge in [-0.2, -0.15) is 0 Å². The van der Waals surface area contributed by atoms with Crippen LogP contribution in [0.2, 0.25) is 0 Å². The number of hydrogen-bond donors (Lipinski definition) is 0. The van der Waals surface area contributed by atoms with Crippen molar-refractivity contribution in [3.8, 4) is 0 Å². The van der Waals surface area contributed by atoms with Gasteiger partial charge in [0.2, 0.25) is 0 Å². The van der Waals surface area contributed by atoms with Gasteiger partial charge < -0.3 is 15.4 Å². The molecule has 1 unspecified atom stereocenters. The van der Waals surface area contributed by atoms with Crippen LogP contribution in [0.4, 0.5) is 0 Å². The van der Waals surface area contributed by atoms with E-state index in [-0.39, 0.29) is 6.23 Å². The number of ether oxygens (including phenoxy) is 1. The third kappa shape index (κ3) is 1.91. The molecule has 4 heteroatoms. The highest BCUT2D eigenvalue weighted by Gasteiger charge is 2.14. The summed E-state index contributed by atoms with van der Waals surface area (Å²) in [6.07, 6.45) is 2.98. The van der Waals surface area contributed by atoms with Gasteiger partial charge in [0.25, 0.3) is 0 Å². The fourth-order valence-corrected chi connectivity index (χ4v) is 1.03. The molecule has 0 aromatic carbocycles. The van der Waals surface area contributed by atoms with Crippen LogP contribution in [0.5, 0.6) is 0 Å². The highest BCUT2D eigenvalue weighted by molar-refractivity contribution is 4.60. The van der Waals surface area contributed by atoms with E-state index in [0.29, 0.717) is 0 Å². The topological polar surface area (TPSA) is 45.5 Å². The lowest BCUT2D eigenvalue weighted by atomic mass is 10.2. The van der Waals surface area contributed by atoms with Crippen LogP contribution in [0.3, 0.4) is 0 Å². The molecule has 1 aliphatic heterocycles. The van der Waals surface area contributed by atoms with Crippen LogP contribution in [0, 0.1) is 0 Å². The Hall–Kier alpha value is -0.160. The Balaban J connectivity index is 2.24. The van der Waals surface area contributed by atoms with Crippen LogP contribution in [-0.4, -0.2) is 25.1 Å². The molecule has 0 aliphatic carbocycles. The highest BCUT2D eigenvalue weighted by atomic mass is 16.7. The Kier molecular flexibility index (Phi) is 3.08. The Labute approximate surface area is 60.8 Å². The fourth-order valence-electron chi connectivity index (χ4n) is 1.03. The number of nitrogens with zero attached hydrogens (tertiary/aromatic N) is 1. The van der Waals surface area contributed by atoms with Gasteiger partial charge in [-0.1, -0.05) is 0 Å². The first kappa shape index (κ1) is 7.94. The second-order valence-corrected chi connectivity index (χ2v) is 2.33. The first-order valence-corrected chi connectivity index (χ1v) is 3.51. The number of hydroxylamine groups is 1. The van der Waals surface area contributed by atoms with Crippen molar-refractivity contribution in [2.24, 2.45) is 0 Å². The van der Waals surface area contributed by atoms with Gasteiger partial charge in [0.1, 0.15) is 6.23 Å². The summed E-state index contributed by atoms with van der Waals surface area (Å²) in [7, 11) is 1.48. The van der Waals surface area contributed by atoms with E-state index in [1.165, 1.54) is 7.11 Å². The van der Waals surface area contributed by atoms with E-state index < -0.39 is 0 Å². The predicted octanol–water partition coefficient (Wildman–Crippen LogP) is 1.34. The van der Waals surface area contributed by atoms with Gasteiger partial charge in [-0.05, 0) is 19.3 Å². The quantitative estimate of drug-likeness (QED) is 0.551. The summed E-state index contributed by atoms with van der Waals surface area (Å²) in [5.74, 6) is 7.20. The standard InChI is InChI=1S/C6H13N2O2/c1-9-8(7)6-4-2-3-5-10-6/h6-7H,2-5H2,1H3/q-1. The summed E-state index contributed by atoms with van der Waals surface area (Å²) < 4.78 is 5.24. The minimum atomic E-state index is -0.154. The van der Waals surface area contributed by atoms with Crippen molar-refractivity contribution in [2.45, 2.75) is 25.5 Å². The highest BCUT2D eigenvalue weighted by Crippen LogP contribution is 2.15. The van der Waals surface area contributed by atoms with Crippen LogP contribution >= 0.6 is 0 Å². The average molecular weight is 145 g/mol. The van der Waals surface area contributed by atoms with Gasteiger partial charge in [-0.15, -0.1) is 0 Å². The van der Waals surface area contributed by atoms with Crippen LogP contribution in [-0.2, 0) is 9.57 Å². The molecule has 0 amide bonds. The number of rotatable bonds is 2. The van der Waals surface area contributed by atoms with Crippen LogP contribution < -0.4 is 0 Å². The van der Waals surface area contributed by atoms with Crippen LogP contribution in [0.1, 0.15) is 19.3 Å². The lowest BCUT2D eigenvalue weighted by molar-refractivity contribution is -0.216. The van der Waals surface area contributed by atoms with E-state index in [1.54, 1.807) is 0 Å². The average Bonchev–Trinajstić information content (AvgIpc) is 2.05. The second-order valence-electron chi connectivity index (χ2n) is 2.33. The summed E-state index contributed by atoms with van der Waals surface area (Å²) in [4.78, 5) is 4.66. The zero-order valence-electron chi connectivity index (χ0n) is 6.17. The van der Waals surface area contributed by atoms with E-state index in [1.807, 2.05) is 0 Å². The van der Waals surface area contributed by atoms with Gasteiger partial charge in [-0.25, -0.2) is 0 Å². The van der Waals surface area contributed by atoms with Crippen LogP contribution in [0.25, 0.3) is 5.84 Å². The minimum Gasteiger partial charge on any atom is -0.582 e. The molecule has 1 N–H and O–H groups in total. The van der Waals surface area contributed by atoms with Gasteiger partial charge in [0.15, 0.2) is 0 Å². The molecule has 60 valence electrons. The molecule has 1 fully saturated rings. The molecule has 1 heterocycles. The van der Waals surface area contributed by atoms with Gasteiger partial charge in [-0.3, -0.25) is 5.17 Å². The van der Waals surface area contributed by atoms with Crippen molar-refractivity contribution in [2.75, 3.05) is 13.7 Å². The molecule has 0 aromatic rings.